The molecule has 1 saturated carbocycles. The number of quaternary nitrogens is 1. The van der Waals surface area contributed by atoms with E-state index in [-0.39, 0.29) is 5.78 Å². The molecule has 23 heavy (non-hydrogen) atoms. The third kappa shape index (κ3) is 4.16. The molecule has 5 heteroatoms. The fourth-order valence-electron chi connectivity index (χ4n) is 3.34. The Morgan fingerprint density at radius 2 is 1.61 bits per heavy atom. The fourth-order valence-corrected chi connectivity index (χ4v) is 3.34. The van der Waals surface area contributed by atoms with Gasteiger partial charge in [-0.25, -0.2) is 0 Å². The van der Waals surface area contributed by atoms with Crippen LogP contribution in [0.3, 0.4) is 0 Å². The number of Topliss-reactive ketones (excluding diaryl/α,β-unsaturated/α-hetero) is 1. The van der Waals surface area contributed by atoms with E-state index in [2.05, 4.69) is 7.05 Å². The lowest BCUT2D eigenvalue weighted by Gasteiger charge is -2.27. The van der Waals surface area contributed by atoms with Gasteiger partial charge in [0.1, 0.15) is 6.54 Å². The number of ketones is 1. The first-order chi connectivity index (χ1) is 11.1. The van der Waals surface area contributed by atoms with Crippen molar-refractivity contribution < 1.29 is 23.9 Å². The van der Waals surface area contributed by atoms with Crippen molar-refractivity contribution in [2.75, 3.05) is 34.9 Å². The van der Waals surface area contributed by atoms with E-state index in [4.69, 9.17) is 14.2 Å². The van der Waals surface area contributed by atoms with E-state index in [1.165, 1.54) is 37.0 Å². The summed E-state index contributed by atoms with van der Waals surface area (Å²) in [6.07, 6.45) is 6.31. The molecule has 2 rings (SSSR count). The molecule has 1 atom stereocenters. The zero-order chi connectivity index (χ0) is 16.8. The highest BCUT2D eigenvalue weighted by Crippen LogP contribution is 2.38. The fraction of sp³-hybridized carbons (Fsp3) is 0.611. The molecule has 1 aliphatic rings. The SMILES string of the molecule is COc1cc(C(=O)C[NH+](C)C2CCCCC2)cc(OC)c1OC. The van der Waals surface area contributed by atoms with E-state index in [9.17, 15) is 4.79 Å². The van der Waals surface area contributed by atoms with Gasteiger partial charge in [-0.15, -0.1) is 0 Å². The van der Waals surface area contributed by atoms with Gasteiger partial charge in [-0.05, 0) is 37.8 Å². The molecule has 1 fully saturated rings. The maximum Gasteiger partial charge on any atom is 0.217 e. The van der Waals surface area contributed by atoms with Crippen LogP contribution in [0.5, 0.6) is 17.2 Å². The molecule has 0 aliphatic heterocycles. The Morgan fingerprint density at radius 3 is 2.09 bits per heavy atom. The maximum atomic E-state index is 12.7. The van der Waals surface area contributed by atoms with Crippen molar-refractivity contribution in [3.63, 3.8) is 0 Å². The van der Waals surface area contributed by atoms with Gasteiger partial charge >= 0.3 is 0 Å². The lowest BCUT2D eigenvalue weighted by molar-refractivity contribution is -0.898. The van der Waals surface area contributed by atoms with Gasteiger partial charge in [0, 0.05) is 5.56 Å². The molecule has 5 nitrogen and oxygen atoms in total. The van der Waals surface area contributed by atoms with E-state index < -0.39 is 0 Å². The third-order valence-corrected chi connectivity index (χ3v) is 4.73. The van der Waals surface area contributed by atoms with Gasteiger partial charge in [-0.2, -0.15) is 0 Å². The summed E-state index contributed by atoms with van der Waals surface area (Å²) >= 11 is 0. The van der Waals surface area contributed by atoms with Gasteiger partial charge in [0.25, 0.3) is 0 Å². The van der Waals surface area contributed by atoms with Gasteiger partial charge < -0.3 is 19.1 Å². The Balaban J connectivity index is 2.15. The number of hydrogen-bond donors (Lipinski definition) is 1. The van der Waals surface area contributed by atoms with Gasteiger partial charge in [0.05, 0.1) is 34.4 Å². The molecule has 1 aromatic rings. The zero-order valence-corrected chi connectivity index (χ0v) is 14.6. The summed E-state index contributed by atoms with van der Waals surface area (Å²) in [5, 5.41) is 0. The van der Waals surface area contributed by atoms with Crippen LogP contribution in [0.25, 0.3) is 0 Å². The molecule has 0 saturated heterocycles. The molecule has 1 aliphatic carbocycles. The second-order valence-corrected chi connectivity index (χ2v) is 6.20. The molecular formula is C18H28NO4+. The molecule has 0 amide bonds. The highest BCUT2D eigenvalue weighted by atomic mass is 16.5. The first-order valence-electron chi connectivity index (χ1n) is 8.26. The van der Waals surface area contributed by atoms with Crippen molar-refractivity contribution in [1.82, 2.24) is 0 Å². The van der Waals surface area contributed by atoms with Crippen LogP contribution in [-0.4, -0.2) is 46.7 Å². The van der Waals surface area contributed by atoms with Crippen LogP contribution in [-0.2, 0) is 0 Å². The topological polar surface area (TPSA) is 49.2 Å². The molecule has 0 bridgehead atoms. The molecule has 0 aromatic heterocycles. The summed E-state index contributed by atoms with van der Waals surface area (Å²) in [4.78, 5) is 14.0. The molecule has 0 radical (unpaired) electrons. The number of benzene rings is 1. The minimum Gasteiger partial charge on any atom is -0.493 e. The summed E-state index contributed by atoms with van der Waals surface area (Å²) in [6.45, 7) is 0.489. The first-order valence-corrected chi connectivity index (χ1v) is 8.26. The Morgan fingerprint density at radius 1 is 1.04 bits per heavy atom. The van der Waals surface area contributed by atoms with E-state index >= 15 is 0 Å². The second-order valence-electron chi connectivity index (χ2n) is 6.20. The standard InChI is InChI=1S/C18H27NO4/c1-19(14-8-6-5-7-9-14)12-15(20)13-10-16(21-2)18(23-4)17(11-13)22-3/h10-11,14H,5-9,12H2,1-4H3/p+1. The molecular weight excluding hydrogens is 294 g/mol. The lowest BCUT2D eigenvalue weighted by atomic mass is 9.94. The quantitative estimate of drug-likeness (QED) is 0.777. The van der Waals surface area contributed by atoms with Crippen molar-refractivity contribution in [3.8, 4) is 17.2 Å². The largest absolute Gasteiger partial charge is 0.493 e. The number of ether oxygens (including phenoxy) is 3. The molecule has 1 N–H and O–H groups in total. The second kappa shape index (κ2) is 8.20. The summed E-state index contributed by atoms with van der Waals surface area (Å²) in [5.74, 6) is 1.66. The van der Waals surface area contributed by atoms with Crippen LogP contribution in [0.2, 0.25) is 0 Å². The van der Waals surface area contributed by atoms with E-state index in [1.54, 1.807) is 33.5 Å². The van der Waals surface area contributed by atoms with Crippen molar-refractivity contribution in [1.29, 1.82) is 0 Å². The van der Waals surface area contributed by atoms with Gasteiger partial charge in [-0.1, -0.05) is 6.42 Å². The minimum atomic E-state index is 0.104. The summed E-state index contributed by atoms with van der Waals surface area (Å²) in [5.41, 5.74) is 0.606. The Hall–Kier alpha value is -1.75. The van der Waals surface area contributed by atoms with Crippen molar-refractivity contribution in [2.45, 2.75) is 38.1 Å². The van der Waals surface area contributed by atoms with E-state index in [0.717, 1.165) is 0 Å². The predicted molar refractivity (Wildman–Crippen MR) is 89.1 cm³/mol. The molecule has 0 spiro atoms. The third-order valence-electron chi connectivity index (χ3n) is 4.73. The summed E-state index contributed by atoms with van der Waals surface area (Å²) in [6, 6.07) is 4.06. The Kier molecular flexibility index (Phi) is 6.28. The minimum absolute atomic E-state index is 0.104. The Bertz CT molecular complexity index is 513. The van der Waals surface area contributed by atoms with Crippen LogP contribution < -0.4 is 19.1 Å². The number of hydrogen-bond acceptors (Lipinski definition) is 4. The molecule has 0 heterocycles. The maximum absolute atomic E-state index is 12.7. The van der Waals surface area contributed by atoms with Crippen LogP contribution in [0.15, 0.2) is 12.1 Å². The number of rotatable bonds is 7. The highest BCUT2D eigenvalue weighted by Gasteiger charge is 2.25. The summed E-state index contributed by atoms with van der Waals surface area (Å²) in [7, 11) is 6.80. The smallest absolute Gasteiger partial charge is 0.217 e. The first kappa shape index (κ1) is 17.6. The number of likely N-dealkylation sites (N-methyl/N-ethyl adjacent to an activating group) is 1. The number of carbonyl (C=O) groups is 1. The van der Waals surface area contributed by atoms with Gasteiger partial charge in [0.15, 0.2) is 11.5 Å². The van der Waals surface area contributed by atoms with Crippen LogP contribution in [0.4, 0.5) is 0 Å². The monoisotopic (exact) mass is 322 g/mol. The van der Waals surface area contributed by atoms with Gasteiger partial charge in [-0.3, -0.25) is 4.79 Å². The van der Waals surface area contributed by atoms with Crippen LogP contribution in [0.1, 0.15) is 42.5 Å². The average molecular weight is 322 g/mol. The normalized spacial score (nSPS) is 16.7. The molecule has 128 valence electrons. The number of nitrogens with one attached hydrogen (secondary N) is 1. The zero-order valence-electron chi connectivity index (χ0n) is 14.6. The average Bonchev–Trinajstić information content (AvgIpc) is 2.60. The van der Waals surface area contributed by atoms with Crippen molar-refractivity contribution in [3.05, 3.63) is 17.7 Å². The summed E-state index contributed by atoms with van der Waals surface area (Å²) < 4.78 is 16.0. The van der Waals surface area contributed by atoms with Gasteiger partial charge in [0.2, 0.25) is 11.5 Å². The van der Waals surface area contributed by atoms with Crippen molar-refractivity contribution >= 4 is 5.78 Å². The lowest BCUT2D eigenvalue weighted by Crippen LogP contribution is -3.14. The predicted octanol–water partition coefficient (Wildman–Crippen LogP) is 1.74. The number of methoxy groups -OCH3 is 3. The van der Waals surface area contributed by atoms with Crippen molar-refractivity contribution in [2.24, 2.45) is 0 Å². The van der Waals surface area contributed by atoms with E-state index in [1.807, 2.05) is 0 Å². The highest BCUT2D eigenvalue weighted by molar-refractivity contribution is 5.98. The number of carbonyl (C=O) groups excluding carboxylic acids is 1. The molecule has 1 aromatic carbocycles. The van der Waals surface area contributed by atoms with Crippen LogP contribution in [0, 0.1) is 0 Å². The van der Waals surface area contributed by atoms with E-state index in [0.29, 0.717) is 35.4 Å². The molecule has 1 unspecified atom stereocenters. The van der Waals surface area contributed by atoms with Crippen LogP contribution >= 0.6 is 0 Å². The Labute approximate surface area is 138 Å².